The summed E-state index contributed by atoms with van der Waals surface area (Å²) in [4.78, 5) is 28.5. The second kappa shape index (κ2) is 10.2. The van der Waals surface area contributed by atoms with Gasteiger partial charge in [-0.1, -0.05) is 43.6 Å². The third kappa shape index (κ3) is 5.28. The SMILES string of the molecule is COCCN(CC(=O)N1N=C(c2cccs2)CC1c1ccc(Cl)cc1)C(=O)C(C)C. The van der Waals surface area contributed by atoms with Crippen molar-refractivity contribution in [2.75, 3.05) is 26.8 Å². The molecule has 1 aliphatic rings. The number of carbonyl (C=O) groups excluding carboxylic acids is 2. The maximum atomic E-state index is 13.3. The van der Waals surface area contributed by atoms with Gasteiger partial charge in [-0.15, -0.1) is 11.3 Å². The third-order valence-electron chi connectivity index (χ3n) is 4.92. The Morgan fingerprint density at radius 1 is 1.30 bits per heavy atom. The molecule has 0 spiro atoms. The second-order valence-electron chi connectivity index (χ2n) is 7.44. The zero-order valence-electron chi connectivity index (χ0n) is 17.4. The Kier molecular flexibility index (Phi) is 7.64. The van der Waals surface area contributed by atoms with Crippen LogP contribution in [0.4, 0.5) is 0 Å². The topological polar surface area (TPSA) is 62.2 Å². The molecule has 6 nitrogen and oxygen atoms in total. The van der Waals surface area contributed by atoms with Crippen molar-refractivity contribution in [2.24, 2.45) is 11.0 Å². The number of benzene rings is 1. The number of amides is 2. The van der Waals surface area contributed by atoms with E-state index >= 15 is 0 Å². The lowest BCUT2D eigenvalue weighted by Gasteiger charge is -2.28. The highest BCUT2D eigenvalue weighted by atomic mass is 35.5. The first-order valence-electron chi connectivity index (χ1n) is 9.87. The molecule has 1 aromatic carbocycles. The van der Waals surface area contributed by atoms with Gasteiger partial charge in [-0.2, -0.15) is 5.10 Å². The highest BCUT2D eigenvalue weighted by molar-refractivity contribution is 7.12. The highest BCUT2D eigenvalue weighted by Crippen LogP contribution is 2.34. The van der Waals surface area contributed by atoms with Gasteiger partial charge in [-0.3, -0.25) is 9.59 Å². The molecule has 1 atom stereocenters. The van der Waals surface area contributed by atoms with E-state index in [0.717, 1.165) is 16.2 Å². The van der Waals surface area contributed by atoms with Crippen LogP contribution in [0.1, 0.15) is 36.8 Å². The number of nitrogens with zero attached hydrogens (tertiary/aromatic N) is 3. The quantitative estimate of drug-likeness (QED) is 0.609. The summed E-state index contributed by atoms with van der Waals surface area (Å²) in [5.41, 5.74) is 1.83. The monoisotopic (exact) mass is 447 g/mol. The van der Waals surface area contributed by atoms with Crippen LogP contribution >= 0.6 is 22.9 Å². The van der Waals surface area contributed by atoms with E-state index in [1.54, 1.807) is 23.3 Å². The standard InChI is InChI=1S/C22H26ClN3O3S/c1-15(2)22(28)25(10-11-29-3)14-21(27)26-19(16-6-8-17(23)9-7-16)13-18(24-26)20-5-4-12-30-20/h4-9,12,15,19H,10-11,13-14H2,1-3H3. The first-order chi connectivity index (χ1) is 14.4. The van der Waals surface area contributed by atoms with Gasteiger partial charge in [-0.05, 0) is 29.1 Å². The lowest BCUT2D eigenvalue weighted by molar-refractivity contribution is -0.143. The average molecular weight is 448 g/mol. The number of carbonyl (C=O) groups is 2. The number of halogens is 1. The van der Waals surface area contributed by atoms with Gasteiger partial charge in [0, 0.05) is 31.0 Å². The largest absolute Gasteiger partial charge is 0.383 e. The molecule has 0 saturated heterocycles. The number of methoxy groups -OCH3 is 1. The molecule has 2 heterocycles. The van der Waals surface area contributed by atoms with Gasteiger partial charge in [-0.25, -0.2) is 5.01 Å². The smallest absolute Gasteiger partial charge is 0.262 e. The molecule has 1 unspecified atom stereocenters. The Morgan fingerprint density at radius 3 is 2.63 bits per heavy atom. The van der Waals surface area contributed by atoms with Crippen LogP contribution < -0.4 is 0 Å². The summed E-state index contributed by atoms with van der Waals surface area (Å²) in [5.74, 6) is -0.498. The Hall–Kier alpha value is -2.22. The highest BCUT2D eigenvalue weighted by Gasteiger charge is 2.34. The van der Waals surface area contributed by atoms with Crippen LogP contribution in [-0.2, 0) is 14.3 Å². The van der Waals surface area contributed by atoms with Crippen LogP contribution in [0, 0.1) is 5.92 Å². The predicted octanol–water partition coefficient (Wildman–Crippen LogP) is 4.21. The van der Waals surface area contributed by atoms with Crippen molar-refractivity contribution in [3.05, 3.63) is 57.2 Å². The van der Waals surface area contributed by atoms with Crippen LogP contribution in [0.5, 0.6) is 0 Å². The number of rotatable bonds is 8. The van der Waals surface area contributed by atoms with Crippen molar-refractivity contribution >= 4 is 40.5 Å². The normalized spacial score (nSPS) is 16.1. The van der Waals surface area contributed by atoms with E-state index in [2.05, 4.69) is 5.10 Å². The third-order valence-corrected chi connectivity index (χ3v) is 6.09. The van der Waals surface area contributed by atoms with Gasteiger partial charge in [0.1, 0.15) is 6.54 Å². The van der Waals surface area contributed by atoms with Crippen LogP contribution in [-0.4, -0.2) is 54.2 Å². The Balaban J connectivity index is 1.86. The zero-order chi connectivity index (χ0) is 21.7. The number of hydrazone groups is 1. The van der Waals surface area contributed by atoms with E-state index in [4.69, 9.17) is 16.3 Å². The summed E-state index contributed by atoms with van der Waals surface area (Å²) >= 11 is 7.64. The molecule has 0 fully saturated rings. The fourth-order valence-electron chi connectivity index (χ4n) is 3.35. The molecule has 160 valence electrons. The Bertz CT molecular complexity index is 897. The summed E-state index contributed by atoms with van der Waals surface area (Å²) in [6.45, 7) is 4.35. The van der Waals surface area contributed by atoms with Gasteiger partial charge in [0.25, 0.3) is 5.91 Å². The number of hydrogen-bond donors (Lipinski definition) is 0. The van der Waals surface area contributed by atoms with Gasteiger partial charge in [0.15, 0.2) is 0 Å². The molecular weight excluding hydrogens is 422 g/mol. The minimum absolute atomic E-state index is 0.0360. The molecule has 30 heavy (non-hydrogen) atoms. The number of hydrogen-bond acceptors (Lipinski definition) is 5. The molecule has 1 aromatic heterocycles. The summed E-state index contributed by atoms with van der Waals surface area (Å²) < 4.78 is 5.12. The van der Waals surface area contributed by atoms with Crippen molar-refractivity contribution < 1.29 is 14.3 Å². The van der Waals surface area contributed by atoms with Crippen molar-refractivity contribution in [3.8, 4) is 0 Å². The van der Waals surface area contributed by atoms with Gasteiger partial charge in [0.2, 0.25) is 5.91 Å². The first-order valence-corrected chi connectivity index (χ1v) is 11.1. The van der Waals surface area contributed by atoms with Crippen molar-refractivity contribution in [1.82, 2.24) is 9.91 Å². The molecule has 1 aliphatic heterocycles. The Labute approximate surface area is 186 Å². The molecule has 8 heteroatoms. The molecule has 2 aromatic rings. The summed E-state index contributed by atoms with van der Waals surface area (Å²) in [6.07, 6.45) is 0.615. The van der Waals surface area contributed by atoms with Crippen molar-refractivity contribution in [3.63, 3.8) is 0 Å². The van der Waals surface area contributed by atoms with Crippen LogP contribution in [0.2, 0.25) is 5.02 Å². The molecule has 0 saturated carbocycles. The van der Waals surface area contributed by atoms with Gasteiger partial charge in [0.05, 0.1) is 23.2 Å². The summed E-state index contributed by atoms with van der Waals surface area (Å²) in [5, 5.41) is 8.81. The molecule has 0 bridgehead atoms. The van der Waals surface area contributed by atoms with Gasteiger partial charge < -0.3 is 9.64 Å². The van der Waals surface area contributed by atoms with Crippen LogP contribution in [0.25, 0.3) is 0 Å². The van der Waals surface area contributed by atoms with E-state index < -0.39 is 0 Å². The summed E-state index contributed by atoms with van der Waals surface area (Å²) in [7, 11) is 1.58. The van der Waals surface area contributed by atoms with Crippen LogP contribution in [0.3, 0.4) is 0 Å². The fraction of sp³-hybridized carbons (Fsp3) is 0.409. The van der Waals surface area contributed by atoms with E-state index in [1.807, 2.05) is 55.6 Å². The van der Waals surface area contributed by atoms with Crippen molar-refractivity contribution in [1.29, 1.82) is 0 Å². The zero-order valence-corrected chi connectivity index (χ0v) is 18.9. The molecule has 3 rings (SSSR count). The fourth-order valence-corrected chi connectivity index (χ4v) is 4.19. The first kappa shape index (κ1) is 22.5. The molecule has 0 radical (unpaired) electrons. The molecule has 0 N–H and O–H groups in total. The molecular formula is C22H26ClN3O3S. The second-order valence-corrected chi connectivity index (χ2v) is 8.83. The average Bonchev–Trinajstić information content (AvgIpc) is 3.40. The molecule has 0 aliphatic carbocycles. The number of thiophene rings is 1. The maximum Gasteiger partial charge on any atom is 0.262 e. The lowest BCUT2D eigenvalue weighted by Crippen LogP contribution is -2.44. The molecule has 2 amide bonds. The minimum Gasteiger partial charge on any atom is -0.383 e. The summed E-state index contributed by atoms with van der Waals surface area (Å²) in [6, 6.07) is 11.2. The van der Waals surface area contributed by atoms with E-state index in [0.29, 0.717) is 24.6 Å². The lowest BCUT2D eigenvalue weighted by atomic mass is 10.0. The van der Waals surface area contributed by atoms with Gasteiger partial charge >= 0.3 is 0 Å². The predicted molar refractivity (Wildman–Crippen MR) is 120 cm³/mol. The van der Waals surface area contributed by atoms with Crippen LogP contribution in [0.15, 0.2) is 46.9 Å². The van der Waals surface area contributed by atoms with Crippen molar-refractivity contribution in [2.45, 2.75) is 26.3 Å². The maximum absolute atomic E-state index is 13.3. The van der Waals surface area contributed by atoms with E-state index in [1.165, 1.54) is 5.01 Å². The Morgan fingerprint density at radius 2 is 2.03 bits per heavy atom. The van der Waals surface area contributed by atoms with E-state index in [-0.39, 0.29) is 30.3 Å². The number of ether oxygens (including phenoxy) is 1. The van der Waals surface area contributed by atoms with E-state index in [9.17, 15) is 9.59 Å². The minimum atomic E-state index is -0.231.